The number of hydrogen-bond donors (Lipinski definition) is 0. The van der Waals surface area contributed by atoms with Gasteiger partial charge in [-0.05, 0) is 43.2 Å². The van der Waals surface area contributed by atoms with Crippen molar-refractivity contribution < 1.29 is 17.9 Å². The second-order valence-corrected chi connectivity index (χ2v) is 12.1. The van der Waals surface area contributed by atoms with Gasteiger partial charge in [0, 0.05) is 44.8 Å². The summed E-state index contributed by atoms with van der Waals surface area (Å²) in [6, 6.07) is 27.4. The average Bonchev–Trinajstić information content (AvgIpc) is 2.94. The van der Waals surface area contributed by atoms with Crippen LogP contribution in [0.3, 0.4) is 0 Å². The van der Waals surface area contributed by atoms with Gasteiger partial charge in [0.1, 0.15) is 0 Å². The van der Waals surface area contributed by atoms with Crippen molar-refractivity contribution in [1.29, 1.82) is 0 Å². The Hall–Kier alpha value is -3.04. The molecule has 7 nitrogen and oxygen atoms in total. The zero-order chi connectivity index (χ0) is 26.7. The molecule has 2 aliphatic rings. The molecule has 3 aromatic carbocycles. The maximum atomic E-state index is 13.5. The molecular weight excluding hydrogens is 498 g/mol. The molecule has 38 heavy (non-hydrogen) atoms. The predicted molar refractivity (Wildman–Crippen MR) is 147 cm³/mol. The number of carbonyl (C=O) groups is 1. The van der Waals surface area contributed by atoms with E-state index in [0.29, 0.717) is 31.7 Å². The van der Waals surface area contributed by atoms with Gasteiger partial charge in [-0.3, -0.25) is 9.69 Å². The summed E-state index contributed by atoms with van der Waals surface area (Å²) in [5, 5.41) is 0. The summed E-state index contributed by atoms with van der Waals surface area (Å²) in [5.74, 6) is -0.138. The number of nitrogens with zero attached hydrogens (tertiary/aromatic N) is 3. The summed E-state index contributed by atoms with van der Waals surface area (Å²) in [7, 11) is -3.72. The van der Waals surface area contributed by atoms with Crippen molar-refractivity contribution in [3.63, 3.8) is 0 Å². The fraction of sp³-hybridized carbons (Fsp3) is 0.367. The van der Waals surface area contributed by atoms with Crippen LogP contribution in [0.5, 0.6) is 0 Å². The van der Waals surface area contributed by atoms with Gasteiger partial charge in [-0.25, -0.2) is 8.42 Å². The number of benzene rings is 3. The molecule has 2 fully saturated rings. The van der Waals surface area contributed by atoms with E-state index in [1.54, 1.807) is 18.2 Å². The minimum atomic E-state index is -3.72. The van der Waals surface area contributed by atoms with Crippen molar-refractivity contribution in [2.75, 3.05) is 39.3 Å². The summed E-state index contributed by atoms with van der Waals surface area (Å²) in [6.07, 6.45) is -0.351. The van der Waals surface area contributed by atoms with E-state index in [9.17, 15) is 13.2 Å². The zero-order valence-corrected chi connectivity index (χ0v) is 22.8. The Morgan fingerprint density at radius 1 is 0.789 bits per heavy atom. The third kappa shape index (κ3) is 5.68. The topological polar surface area (TPSA) is 70.2 Å². The Morgan fingerprint density at radius 3 is 1.89 bits per heavy atom. The van der Waals surface area contributed by atoms with Crippen molar-refractivity contribution in [2.24, 2.45) is 0 Å². The third-order valence-electron chi connectivity index (χ3n) is 7.30. The monoisotopic (exact) mass is 533 g/mol. The van der Waals surface area contributed by atoms with Gasteiger partial charge in [0.25, 0.3) is 5.91 Å². The van der Waals surface area contributed by atoms with Crippen molar-refractivity contribution in [2.45, 2.75) is 37.0 Å². The molecule has 0 unspecified atom stereocenters. The van der Waals surface area contributed by atoms with Crippen molar-refractivity contribution in [1.82, 2.24) is 14.1 Å². The number of carbonyl (C=O) groups excluding carboxylic acids is 1. The number of piperazine rings is 1. The van der Waals surface area contributed by atoms with E-state index in [2.05, 4.69) is 53.4 Å². The highest BCUT2D eigenvalue weighted by molar-refractivity contribution is 7.89. The molecular formula is C30H35N3O4S. The minimum Gasteiger partial charge on any atom is -0.373 e. The van der Waals surface area contributed by atoms with Gasteiger partial charge in [0.15, 0.2) is 0 Å². The van der Waals surface area contributed by atoms with E-state index >= 15 is 0 Å². The predicted octanol–water partition coefficient (Wildman–Crippen LogP) is 4.03. The van der Waals surface area contributed by atoms with Crippen LogP contribution in [-0.4, -0.2) is 79.9 Å². The molecule has 8 heteroatoms. The molecule has 0 bridgehead atoms. The lowest BCUT2D eigenvalue weighted by atomic mass is 9.96. The molecule has 0 saturated carbocycles. The first-order chi connectivity index (χ1) is 18.3. The lowest BCUT2D eigenvalue weighted by molar-refractivity contribution is -0.0440. The van der Waals surface area contributed by atoms with Crippen LogP contribution in [0, 0.1) is 0 Å². The highest BCUT2D eigenvalue weighted by Crippen LogP contribution is 2.30. The van der Waals surface area contributed by atoms with Gasteiger partial charge in [-0.1, -0.05) is 66.7 Å². The van der Waals surface area contributed by atoms with E-state index in [1.807, 2.05) is 30.9 Å². The molecule has 200 valence electrons. The van der Waals surface area contributed by atoms with Crippen LogP contribution in [0.15, 0.2) is 89.8 Å². The Kier molecular flexibility index (Phi) is 7.95. The molecule has 0 aromatic heterocycles. The number of hydrogen-bond acceptors (Lipinski definition) is 5. The van der Waals surface area contributed by atoms with Gasteiger partial charge in [-0.15, -0.1) is 0 Å². The van der Waals surface area contributed by atoms with Crippen molar-refractivity contribution in [3.8, 4) is 0 Å². The van der Waals surface area contributed by atoms with Crippen LogP contribution in [-0.2, 0) is 14.8 Å². The number of ether oxygens (including phenoxy) is 1. The fourth-order valence-corrected chi connectivity index (χ4v) is 7.15. The first-order valence-corrected chi connectivity index (χ1v) is 14.7. The second-order valence-electron chi connectivity index (χ2n) is 10.2. The van der Waals surface area contributed by atoms with Crippen LogP contribution in [0.2, 0.25) is 0 Å². The van der Waals surface area contributed by atoms with Crippen LogP contribution in [0.1, 0.15) is 41.4 Å². The van der Waals surface area contributed by atoms with Crippen LogP contribution in [0.25, 0.3) is 0 Å². The van der Waals surface area contributed by atoms with Crippen LogP contribution < -0.4 is 0 Å². The first-order valence-electron chi connectivity index (χ1n) is 13.2. The van der Waals surface area contributed by atoms with Gasteiger partial charge >= 0.3 is 0 Å². The average molecular weight is 534 g/mol. The Bertz CT molecular complexity index is 1290. The van der Waals surface area contributed by atoms with Gasteiger partial charge in [0.2, 0.25) is 10.0 Å². The number of morpholine rings is 1. The molecule has 2 atom stereocenters. The van der Waals surface area contributed by atoms with E-state index in [4.69, 9.17) is 4.74 Å². The van der Waals surface area contributed by atoms with Crippen LogP contribution in [0.4, 0.5) is 0 Å². The molecule has 2 heterocycles. The number of sulfonamides is 1. The quantitative estimate of drug-likeness (QED) is 0.479. The van der Waals surface area contributed by atoms with Crippen molar-refractivity contribution >= 4 is 15.9 Å². The summed E-state index contributed by atoms with van der Waals surface area (Å²) in [5.41, 5.74) is 2.85. The molecule has 0 radical (unpaired) electrons. The SMILES string of the molecule is C[C@@H]1CN(S(=O)(=O)c2cccc(C(=O)N3CCN(C(c4ccccc4)c4ccccc4)CC3)c2)C[C@@H](C)O1. The first kappa shape index (κ1) is 26.6. The number of rotatable bonds is 6. The lowest BCUT2D eigenvalue weighted by Gasteiger charge is -2.40. The zero-order valence-electron chi connectivity index (χ0n) is 21.9. The molecule has 2 aliphatic heterocycles. The van der Waals surface area contributed by atoms with Gasteiger partial charge < -0.3 is 9.64 Å². The minimum absolute atomic E-state index is 0.112. The summed E-state index contributed by atoms with van der Waals surface area (Å²) >= 11 is 0. The molecule has 3 aromatic rings. The summed E-state index contributed by atoms with van der Waals surface area (Å²) in [6.45, 7) is 6.95. The molecule has 5 rings (SSSR count). The molecule has 0 spiro atoms. The third-order valence-corrected chi connectivity index (χ3v) is 9.13. The largest absolute Gasteiger partial charge is 0.373 e. The van der Waals surface area contributed by atoms with E-state index in [1.165, 1.54) is 21.5 Å². The number of amides is 1. The molecule has 1 amide bonds. The maximum Gasteiger partial charge on any atom is 0.253 e. The fourth-order valence-electron chi connectivity index (χ4n) is 5.52. The summed E-state index contributed by atoms with van der Waals surface area (Å²) < 4.78 is 33.9. The van der Waals surface area contributed by atoms with Gasteiger partial charge in [-0.2, -0.15) is 4.31 Å². The van der Waals surface area contributed by atoms with E-state index in [-0.39, 0.29) is 29.1 Å². The Balaban J connectivity index is 1.30. The standard InChI is InChI=1S/C30H35N3O4S/c1-23-21-33(22-24(2)37-23)38(35,36)28-15-9-14-27(20-28)30(34)32-18-16-31(17-19-32)29(25-10-5-3-6-11-25)26-12-7-4-8-13-26/h3-15,20,23-24,29H,16-19,21-22H2,1-2H3/t23-,24-/m1/s1. The highest BCUT2D eigenvalue weighted by atomic mass is 32.2. The molecule has 0 N–H and O–H groups in total. The Labute approximate surface area is 225 Å². The molecule has 0 aliphatic carbocycles. The smallest absolute Gasteiger partial charge is 0.253 e. The summed E-state index contributed by atoms with van der Waals surface area (Å²) in [4.78, 5) is 17.8. The van der Waals surface area contributed by atoms with E-state index < -0.39 is 10.0 Å². The van der Waals surface area contributed by atoms with E-state index in [0.717, 1.165) is 13.1 Å². The molecule has 2 saturated heterocycles. The normalized spacial score (nSPS) is 21.5. The van der Waals surface area contributed by atoms with Crippen molar-refractivity contribution in [3.05, 3.63) is 102 Å². The maximum absolute atomic E-state index is 13.5. The second kappa shape index (κ2) is 11.4. The van der Waals surface area contributed by atoms with Gasteiger partial charge in [0.05, 0.1) is 23.1 Å². The van der Waals surface area contributed by atoms with Crippen LogP contribution >= 0.6 is 0 Å². The lowest BCUT2D eigenvalue weighted by Crippen LogP contribution is -2.50. The Morgan fingerprint density at radius 2 is 1.34 bits per heavy atom. The highest BCUT2D eigenvalue weighted by Gasteiger charge is 2.33.